The molecule has 2 rings (SSSR count). The minimum absolute atomic E-state index is 0.0665. The number of pyridine rings is 1. The average Bonchev–Trinajstić information content (AvgIpc) is 2.95. The molecule has 0 aliphatic heterocycles. The molecule has 0 spiro atoms. The van der Waals surface area contributed by atoms with Crippen LogP contribution in [0.4, 0.5) is 5.69 Å². The van der Waals surface area contributed by atoms with Crippen LogP contribution < -0.4 is 5.32 Å². The molecule has 3 N–H and O–H groups in total. The maximum atomic E-state index is 11.7. The van der Waals surface area contributed by atoms with Crippen molar-refractivity contribution in [2.24, 2.45) is 0 Å². The number of H-pyrrole nitrogens is 1. The van der Waals surface area contributed by atoms with Gasteiger partial charge in [0.15, 0.2) is 0 Å². The topological polar surface area (TPSA) is 138 Å². The molecule has 108 valence electrons. The predicted molar refractivity (Wildman–Crippen MR) is 69.8 cm³/mol. The van der Waals surface area contributed by atoms with Crippen LogP contribution in [0, 0.1) is 10.1 Å². The Morgan fingerprint density at radius 3 is 2.71 bits per heavy atom. The number of nitrogens with one attached hydrogen (secondary N) is 2. The van der Waals surface area contributed by atoms with Gasteiger partial charge in [-0.1, -0.05) is 6.07 Å². The molecule has 0 bridgehead atoms. The summed E-state index contributed by atoms with van der Waals surface area (Å²) in [5.41, 5.74) is 0.379. The fourth-order valence-electron chi connectivity index (χ4n) is 1.55. The maximum absolute atomic E-state index is 11.7. The second-order valence-electron chi connectivity index (χ2n) is 4.07. The largest absolute Gasteiger partial charge is 0.477 e. The third kappa shape index (κ3) is 3.41. The maximum Gasteiger partial charge on any atom is 0.354 e. The zero-order valence-corrected chi connectivity index (χ0v) is 10.6. The van der Waals surface area contributed by atoms with Crippen LogP contribution in [0.25, 0.3) is 0 Å². The Hall–Kier alpha value is -3.23. The Balaban J connectivity index is 1.97. The van der Waals surface area contributed by atoms with Gasteiger partial charge in [-0.25, -0.2) is 9.78 Å². The zero-order chi connectivity index (χ0) is 15.4. The quantitative estimate of drug-likeness (QED) is 0.553. The first-order valence-corrected chi connectivity index (χ1v) is 5.76. The molecule has 0 saturated carbocycles. The van der Waals surface area contributed by atoms with Crippen molar-refractivity contribution in [3.05, 3.63) is 57.7 Å². The highest BCUT2D eigenvalue weighted by atomic mass is 16.6. The molecule has 2 aromatic heterocycles. The number of hydrogen-bond donors (Lipinski definition) is 3. The van der Waals surface area contributed by atoms with Gasteiger partial charge >= 0.3 is 5.97 Å². The van der Waals surface area contributed by atoms with Crippen LogP contribution in [-0.2, 0) is 6.54 Å². The van der Waals surface area contributed by atoms with Crippen LogP contribution in [0.15, 0.2) is 30.6 Å². The van der Waals surface area contributed by atoms with Gasteiger partial charge in [0.1, 0.15) is 11.4 Å². The minimum atomic E-state index is -1.13. The van der Waals surface area contributed by atoms with E-state index in [0.717, 1.165) is 12.3 Å². The number of rotatable bonds is 5. The molecule has 0 aromatic carbocycles. The lowest BCUT2D eigenvalue weighted by Gasteiger charge is -2.03. The first kappa shape index (κ1) is 14.2. The number of nitrogens with zero attached hydrogens (tertiary/aromatic N) is 2. The molecule has 0 aliphatic rings. The number of carboxylic acids is 1. The molecular formula is C12H10N4O5. The first-order valence-electron chi connectivity index (χ1n) is 5.76. The van der Waals surface area contributed by atoms with Crippen LogP contribution in [0.1, 0.15) is 26.5 Å². The summed E-state index contributed by atoms with van der Waals surface area (Å²) in [6, 6.07) is 3.97. The van der Waals surface area contributed by atoms with Gasteiger partial charge in [-0.15, -0.1) is 0 Å². The van der Waals surface area contributed by atoms with Crippen molar-refractivity contribution >= 4 is 17.6 Å². The Morgan fingerprint density at radius 1 is 1.43 bits per heavy atom. The van der Waals surface area contributed by atoms with Crippen molar-refractivity contribution in [1.29, 1.82) is 0 Å². The Morgan fingerprint density at radius 2 is 2.19 bits per heavy atom. The summed E-state index contributed by atoms with van der Waals surface area (Å²) in [5.74, 6) is -1.64. The molecule has 0 fully saturated rings. The molecule has 1 amide bonds. The number of hydrogen-bond acceptors (Lipinski definition) is 5. The Labute approximate surface area is 117 Å². The van der Waals surface area contributed by atoms with Crippen molar-refractivity contribution in [2.45, 2.75) is 6.54 Å². The van der Waals surface area contributed by atoms with Gasteiger partial charge in [0.05, 0.1) is 11.1 Å². The smallest absolute Gasteiger partial charge is 0.354 e. The number of carboxylic acid groups (broad SMARTS) is 1. The van der Waals surface area contributed by atoms with E-state index in [1.807, 2.05) is 0 Å². The molecule has 21 heavy (non-hydrogen) atoms. The predicted octanol–water partition coefficient (Wildman–Crippen LogP) is 0.946. The van der Waals surface area contributed by atoms with Gasteiger partial charge < -0.3 is 15.4 Å². The summed E-state index contributed by atoms with van der Waals surface area (Å²) in [4.78, 5) is 38.5. The van der Waals surface area contributed by atoms with E-state index in [9.17, 15) is 19.7 Å². The number of aromatic nitrogens is 2. The fourth-order valence-corrected chi connectivity index (χ4v) is 1.55. The van der Waals surface area contributed by atoms with E-state index < -0.39 is 16.8 Å². The third-order valence-corrected chi connectivity index (χ3v) is 2.62. The van der Waals surface area contributed by atoms with Crippen LogP contribution in [0.3, 0.4) is 0 Å². The molecule has 0 aliphatic carbocycles. The van der Waals surface area contributed by atoms with Crippen LogP contribution in [0.5, 0.6) is 0 Å². The Bertz CT molecular complexity index is 692. The zero-order valence-electron chi connectivity index (χ0n) is 10.6. The van der Waals surface area contributed by atoms with Gasteiger partial charge in [-0.2, -0.15) is 0 Å². The SMILES string of the molecule is O=C(O)c1ccc(CNC(=O)c2cc([N+](=O)[O-])c[nH]2)cn1. The number of amides is 1. The molecule has 2 heterocycles. The van der Waals surface area contributed by atoms with E-state index in [0.29, 0.717) is 5.56 Å². The number of carbonyl (C=O) groups is 2. The Kier molecular flexibility index (Phi) is 3.93. The summed E-state index contributed by atoms with van der Waals surface area (Å²) in [6.07, 6.45) is 2.46. The van der Waals surface area contributed by atoms with Crippen LogP contribution >= 0.6 is 0 Å². The average molecular weight is 290 g/mol. The first-order chi connectivity index (χ1) is 9.97. The van der Waals surface area contributed by atoms with E-state index in [2.05, 4.69) is 15.3 Å². The lowest BCUT2D eigenvalue weighted by atomic mass is 10.2. The highest BCUT2D eigenvalue weighted by molar-refractivity contribution is 5.93. The lowest BCUT2D eigenvalue weighted by Crippen LogP contribution is -2.23. The van der Waals surface area contributed by atoms with E-state index >= 15 is 0 Å². The van der Waals surface area contributed by atoms with Crippen molar-refractivity contribution < 1.29 is 19.6 Å². The molecule has 0 saturated heterocycles. The van der Waals surface area contributed by atoms with Crippen molar-refractivity contribution in [3.8, 4) is 0 Å². The van der Waals surface area contributed by atoms with Gasteiger partial charge in [-0.3, -0.25) is 14.9 Å². The van der Waals surface area contributed by atoms with E-state index in [1.165, 1.54) is 18.3 Å². The standard InChI is InChI=1S/C12H10N4O5/c17-11(10-3-8(6-14-10)16(20)21)15-5-7-1-2-9(12(18)19)13-4-7/h1-4,6,14H,5H2,(H,15,17)(H,18,19). The number of aromatic amines is 1. The summed E-state index contributed by atoms with van der Waals surface area (Å²) in [7, 11) is 0. The molecule has 2 aromatic rings. The summed E-state index contributed by atoms with van der Waals surface area (Å²) in [5, 5.41) is 21.7. The molecule has 0 unspecified atom stereocenters. The molecule has 0 radical (unpaired) electrons. The van der Waals surface area contributed by atoms with Gasteiger partial charge in [0.25, 0.3) is 11.6 Å². The van der Waals surface area contributed by atoms with Gasteiger partial charge in [0, 0.05) is 18.8 Å². The molecule has 9 nitrogen and oxygen atoms in total. The van der Waals surface area contributed by atoms with Crippen molar-refractivity contribution in [3.63, 3.8) is 0 Å². The van der Waals surface area contributed by atoms with E-state index in [-0.39, 0.29) is 23.6 Å². The van der Waals surface area contributed by atoms with Gasteiger partial charge in [-0.05, 0) is 11.6 Å². The van der Waals surface area contributed by atoms with E-state index in [1.54, 1.807) is 0 Å². The highest BCUT2D eigenvalue weighted by Crippen LogP contribution is 2.12. The summed E-state index contributed by atoms with van der Waals surface area (Å²) >= 11 is 0. The second kappa shape index (κ2) is 5.82. The molecular weight excluding hydrogens is 280 g/mol. The van der Waals surface area contributed by atoms with Crippen molar-refractivity contribution in [2.75, 3.05) is 0 Å². The lowest BCUT2D eigenvalue weighted by molar-refractivity contribution is -0.384. The van der Waals surface area contributed by atoms with Crippen molar-refractivity contribution in [1.82, 2.24) is 15.3 Å². The molecule has 9 heteroatoms. The second-order valence-corrected chi connectivity index (χ2v) is 4.07. The number of carbonyl (C=O) groups excluding carboxylic acids is 1. The normalized spacial score (nSPS) is 10.1. The van der Waals surface area contributed by atoms with Crippen LogP contribution in [-0.4, -0.2) is 31.9 Å². The summed E-state index contributed by atoms with van der Waals surface area (Å²) in [6.45, 7) is 0.124. The minimum Gasteiger partial charge on any atom is -0.477 e. The number of nitro groups is 1. The van der Waals surface area contributed by atoms with Gasteiger partial charge in [0.2, 0.25) is 0 Å². The summed E-state index contributed by atoms with van der Waals surface area (Å²) < 4.78 is 0. The highest BCUT2D eigenvalue weighted by Gasteiger charge is 2.14. The molecule has 0 atom stereocenters. The fraction of sp³-hybridized carbons (Fsp3) is 0.0833. The van der Waals surface area contributed by atoms with Crippen LogP contribution in [0.2, 0.25) is 0 Å². The monoisotopic (exact) mass is 290 g/mol. The number of aromatic carboxylic acids is 1. The van der Waals surface area contributed by atoms with E-state index in [4.69, 9.17) is 5.11 Å². The third-order valence-electron chi connectivity index (χ3n) is 2.62.